The molecule has 33 heavy (non-hydrogen) atoms. The second-order valence-electron chi connectivity index (χ2n) is 7.52. The Bertz CT molecular complexity index is 1140. The van der Waals surface area contributed by atoms with E-state index in [0.29, 0.717) is 41.9 Å². The predicted molar refractivity (Wildman–Crippen MR) is 126 cm³/mol. The molecule has 0 spiro atoms. The monoisotopic (exact) mass is 471 g/mol. The number of nitrogens with zero attached hydrogens (tertiary/aromatic N) is 4. The molecule has 3 aromatic rings. The average Bonchev–Trinajstić information content (AvgIpc) is 2.82. The van der Waals surface area contributed by atoms with E-state index in [2.05, 4.69) is 19.9 Å². The molecule has 4 rings (SSSR count). The van der Waals surface area contributed by atoms with Crippen molar-refractivity contribution in [2.24, 2.45) is 0 Å². The molecule has 0 saturated heterocycles. The summed E-state index contributed by atoms with van der Waals surface area (Å²) in [6.45, 7) is 0.667. The zero-order valence-corrected chi connectivity index (χ0v) is 19.7. The number of anilines is 2. The summed E-state index contributed by atoms with van der Waals surface area (Å²) >= 11 is 6.10. The summed E-state index contributed by atoms with van der Waals surface area (Å²) in [6.07, 6.45) is 1.41. The lowest BCUT2D eigenvalue weighted by Crippen LogP contribution is -2.38. The first-order valence-electron chi connectivity index (χ1n) is 10.4. The van der Waals surface area contributed by atoms with Crippen LogP contribution in [0.2, 0.25) is 5.28 Å². The summed E-state index contributed by atoms with van der Waals surface area (Å²) in [5.41, 5.74) is 9.18. The second kappa shape index (κ2) is 9.58. The molecule has 0 fully saturated rings. The minimum atomic E-state index is -0.121. The van der Waals surface area contributed by atoms with E-state index in [1.54, 1.807) is 28.4 Å². The minimum Gasteiger partial charge on any atom is -0.493 e. The Kier molecular flexibility index (Phi) is 6.60. The van der Waals surface area contributed by atoms with Gasteiger partial charge in [0.1, 0.15) is 0 Å². The lowest BCUT2D eigenvalue weighted by atomic mass is 9.88. The van der Waals surface area contributed by atoms with Crippen molar-refractivity contribution in [2.45, 2.75) is 18.9 Å². The predicted octanol–water partition coefficient (Wildman–Crippen LogP) is 3.49. The largest absolute Gasteiger partial charge is 0.493 e. The summed E-state index contributed by atoms with van der Waals surface area (Å²) in [5, 5.41) is 0.0560. The number of hydrogen-bond acceptors (Lipinski definition) is 9. The summed E-state index contributed by atoms with van der Waals surface area (Å²) < 4.78 is 22.0. The van der Waals surface area contributed by atoms with Crippen molar-refractivity contribution in [3.05, 3.63) is 52.3 Å². The molecule has 2 aromatic carbocycles. The molecule has 0 amide bonds. The van der Waals surface area contributed by atoms with Crippen LogP contribution < -0.4 is 29.6 Å². The molecule has 2 heterocycles. The van der Waals surface area contributed by atoms with Crippen LogP contribution in [-0.4, -0.2) is 49.9 Å². The van der Waals surface area contributed by atoms with Gasteiger partial charge in [-0.15, -0.1) is 0 Å². The van der Waals surface area contributed by atoms with E-state index in [9.17, 15) is 0 Å². The highest BCUT2D eigenvalue weighted by atomic mass is 35.5. The molecule has 2 N–H and O–H groups in total. The summed E-state index contributed by atoms with van der Waals surface area (Å²) in [7, 11) is 6.50. The lowest BCUT2D eigenvalue weighted by Gasteiger charge is -2.38. The summed E-state index contributed by atoms with van der Waals surface area (Å²) in [4.78, 5) is 14.7. The Morgan fingerprint density at radius 2 is 1.58 bits per heavy atom. The van der Waals surface area contributed by atoms with Gasteiger partial charge in [-0.25, -0.2) is 0 Å². The van der Waals surface area contributed by atoms with E-state index in [0.717, 1.165) is 17.5 Å². The first-order chi connectivity index (χ1) is 16.0. The maximum Gasteiger partial charge on any atom is 0.231 e. The van der Waals surface area contributed by atoms with Crippen molar-refractivity contribution in [2.75, 3.05) is 45.6 Å². The number of rotatable bonds is 7. The van der Waals surface area contributed by atoms with Crippen molar-refractivity contribution in [1.29, 1.82) is 0 Å². The molecule has 0 saturated carbocycles. The molecule has 1 aliphatic rings. The average molecular weight is 472 g/mol. The number of fused-ring (bicyclic) bond motifs is 1. The van der Waals surface area contributed by atoms with Crippen LogP contribution in [0.3, 0.4) is 0 Å². The highest BCUT2D eigenvalue weighted by Crippen LogP contribution is 2.41. The Morgan fingerprint density at radius 1 is 0.909 bits per heavy atom. The number of methoxy groups -OCH3 is 4. The fourth-order valence-corrected chi connectivity index (χ4v) is 4.36. The van der Waals surface area contributed by atoms with Gasteiger partial charge in [0.15, 0.2) is 23.0 Å². The molecule has 0 aliphatic carbocycles. The van der Waals surface area contributed by atoms with Crippen molar-refractivity contribution < 1.29 is 18.9 Å². The zero-order chi connectivity index (χ0) is 23.5. The molecule has 174 valence electrons. The van der Waals surface area contributed by atoms with E-state index in [-0.39, 0.29) is 17.3 Å². The fourth-order valence-electron chi connectivity index (χ4n) is 4.20. The summed E-state index contributed by atoms with van der Waals surface area (Å²) in [5.74, 6) is 3.19. The Hall–Kier alpha value is -3.46. The molecular formula is C23H26ClN5O4. The highest BCUT2D eigenvalue weighted by molar-refractivity contribution is 6.28. The van der Waals surface area contributed by atoms with Gasteiger partial charge in [0, 0.05) is 6.54 Å². The highest BCUT2D eigenvalue weighted by Gasteiger charge is 2.31. The third kappa shape index (κ3) is 4.54. The third-order valence-corrected chi connectivity index (χ3v) is 5.92. The Morgan fingerprint density at radius 3 is 2.24 bits per heavy atom. The molecule has 1 aromatic heterocycles. The Balaban J connectivity index is 1.82. The van der Waals surface area contributed by atoms with Gasteiger partial charge in [0.2, 0.25) is 17.2 Å². The molecule has 0 radical (unpaired) electrons. The van der Waals surface area contributed by atoms with Crippen LogP contribution >= 0.6 is 11.6 Å². The van der Waals surface area contributed by atoms with Crippen LogP contribution in [0, 0.1) is 0 Å². The topological polar surface area (TPSA) is 105 Å². The first-order valence-corrected chi connectivity index (χ1v) is 10.7. The van der Waals surface area contributed by atoms with Crippen LogP contribution in [0.15, 0.2) is 30.3 Å². The van der Waals surface area contributed by atoms with E-state index < -0.39 is 0 Å². The molecular weight excluding hydrogens is 446 g/mol. The lowest BCUT2D eigenvalue weighted by molar-refractivity contribution is 0.352. The number of ether oxygens (including phenoxy) is 4. The van der Waals surface area contributed by atoms with Gasteiger partial charge < -0.3 is 29.6 Å². The van der Waals surface area contributed by atoms with Gasteiger partial charge >= 0.3 is 0 Å². The third-order valence-electron chi connectivity index (χ3n) is 5.75. The smallest absolute Gasteiger partial charge is 0.231 e. The quantitative estimate of drug-likeness (QED) is 0.554. The van der Waals surface area contributed by atoms with Gasteiger partial charge in [-0.1, -0.05) is 6.07 Å². The van der Waals surface area contributed by atoms with Crippen molar-refractivity contribution in [3.8, 4) is 23.0 Å². The van der Waals surface area contributed by atoms with Gasteiger partial charge in [-0.3, -0.25) is 0 Å². The standard InChI is InChI=1S/C23H26ClN5O4/c1-30-17-6-5-13(10-18(17)31-2)9-16-15-12-20(33-4)19(32-3)11-14(15)7-8-29(16)23-27-21(24)26-22(25)28-23/h5-6,10-12,16H,7-9H2,1-4H3,(H2,25,26,27,28). The number of benzene rings is 2. The van der Waals surface area contributed by atoms with E-state index in [1.165, 1.54) is 5.56 Å². The maximum absolute atomic E-state index is 6.10. The zero-order valence-electron chi connectivity index (χ0n) is 19.0. The van der Waals surface area contributed by atoms with Gasteiger partial charge in [0.25, 0.3) is 0 Å². The molecule has 1 aliphatic heterocycles. The van der Waals surface area contributed by atoms with Crippen molar-refractivity contribution >= 4 is 23.5 Å². The van der Waals surface area contributed by atoms with Crippen LogP contribution in [0.4, 0.5) is 11.9 Å². The van der Waals surface area contributed by atoms with Gasteiger partial charge in [-0.05, 0) is 65.4 Å². The fraction of sp³-hybridized carbons (Fsp3) is 0.348. The van der Waals surface area contributed by atoms with Crippen LogP contribution in [0.1, 0.15) is 22.7 Å². The van der Waals surface area contributed by atoms with E-state index in [1.807, 2.05) is 30.3 Å². The second-order valence-corrected chi connectivity index (χ2v) is 7.86. The van der Waals surface area contributed by atoms with Crippen molar-refractivity contribution in [1.82, 2.24) is 15.0 Å². The SMILES string of the molecule is COc1ccc(CC2c3cc(OC)c(OC)cc3CCN2c2nc(N)nc(Cl)n2)cc1OC. The number of nitrogen functional groups attached to an aromatic ring is 1. The number of nitrogens with two attached hydrogens (primary N) is 1. The molecule has 1 atom stereocenters. The minimum absolute atomic E-state index is 0.0560. The number of hydrogen-bond donors (Lipinski definition) is 1. The first kappa shape index (κ1) is 22.7. The molecule has 0 bridgehead atoms. The van der Waals surface area contributed by atoms with Crippen LogP contribution in [0.5, 0.6) is 23.0 Å². The van der Waals surface area contributed by atoms with Crippen LogP contribution in [0.25, 0.3) is 0 Å². The van der Waals surface area contributed by atoms with E-state index >= 15 is 0 Å². The number of halogens is 1. The molecule has 1 unspecified atom stereocenters. The van der Waals surface area contributed by atoms with Gasteiger partial charge in [-0.2, -0.15) is 15.0 Å². The number of aromatic nitrogens is 3. The van der Waals surface area contributed by atoms with E-state index in [4.69, 9.17) is 36.3 Å². The summed E-state index contributed by atoms with van der Waals surface area (Å²) in [6, 6.07) is 9.81. The maximum atomic E-state index is 6.10. The Labute approximate surface area is 197 Å². The van der Waals surface area contributed by atoms with Gasteiger partial charge in [0.05, 0.1) is 34.5 Å². The normalized spacial score (nSPS) is 15.1. The molecule has 10 heteroatoms. The molecule has 9 nitrogen and oxygen atoms in total. The van der Waals surface area contributed by atoms with Crippen molar-refractivity contribution in [3.63, 3.8) is 0 Å². The van der Waals surface area contributed by atoms with Crippen LogP contribution in [-0.2, 0) is 12.8 Å².